The Hall–Kier alpha value is -3.93. The van der Waals surface area contributed by atoms with E-state index in [2.05, 4.69) is 124 Å². The number of esters is 3. The van der Waals surface area contributed by atoms with Gasteiger partial charge in [0, 0.05) is 19.3 Å². The third-order valence-electron chi connectivity index (χ3n) is 13.7. The summed E-state index contributed by atoms with van der Waals surface area (Å²) in [6.45, 7) is 6.42. The molecule has 0 aliphatic carbocycles. The lowest BCUT2D eigenvalue weighted by Crippen LogP contribution is -2.30. The fourth-order valence-electron chi connectivity index (χ4n) is 8.91. The zero-order chi connectivity index (χ0) is 55.7. The highest BCUT2D eigenvalue weighted by Gasteiger charge is 2.19. The molecule has 440 valence electrons. The van der Waals surface area contributed by atoms with E-state index >= 15 is 0 Å². The minimum atomic E-state index is -0.815. The maximum Gasteiger partial charge on any atom is 0.306 e. The van der Waals surface area contributed by atoms with Crippen LogP contribution in [-0.4, -0.2) is 37.2 Å². The number of ether oxygens (including phenoxy) is 3. The number of rotatable bonds is 58. The molecule has 0 saturated carbocycles. The van der Waals surface area contributed by atoms with Crippen LogP contribution in [-0.2, 0) is 28.6 Å². The van der Waals surface area contributed by atoms with E-state index in [1.165, 1.54) is 154 Å². The molecule has 0 fully saturated rings. The molecule has 0 aliphatic rings. The van der Waals surface area contributed by atoms with Gasteiger partial charge in [0.2, 0.25) is 0 Å². The molecule has 0 saturated heterocycles. The molecule has 6 nitrogen and oxygen atoms in total. The van der Waals surface area contributed by atoms with Crippen molar-refractivity contribution in [3.63, 3.8) is 0 Å². The zero-order valence-corrected chi connectivity index (χ0v) is 50.4. The normalized spacial score (nSPS) is 12.8. The summed E-state index contributed by atoms with van der Waals surface area (Å²) in [6.07, 6.45) is 88.4. The van der Waals surface area contributed by atoms with Crippen LogP contribution in [0.5, 0.6) is 0 Å². The lowest BCUT2D eigenvalue weighted by molar-refractivity contribution is -0.166. The summed E-state index contributed by atoms with van der Waals surface area (Å²) >= 11 is 0. The van der Waals surface area contributed by atoms with Crippen molar-refractivity contribution in [2.75, 3.05) is 13.2 Å². The third kappa shape index (κ3) is 62.8. The van der Waals surface area contributed by atoms with E-state index in [9.17, 15) is 14.4 Å². The Labute approximate surface area is 476 Å². The predicted octanol–water partition coefficient (Wildman–Crippen LogP) is 22.2. The Morgan fingerprint density at radius 1 is 0.273 bits per heavy atom. The van der Waals surface area contributed by atoms with Crippen LogP contribution in [0.1, 0.15) is 303 Å². The van der Waals surface area contributed by atoms with Crippen molar-refractivity contribution in [1.29, 1.82) is 0 Å². The molecule has 0 aromatic heterocycles. The van der Waals surface area contributed by atoms with E-state index in [1.807, 2.05) is 6.08 Å². The van der Waals surface area contributed by atoms with Gasteiger partial charge >= 0.3 is 17.9 Å². The number of unbranched alkanes of at least 4 members (excludes halogenated alkanes) is 29. The maximum absolute atomic E-state index is 12.9. The van der Waals surface area contributed by atoms with Gasteiger partial charge in [0.05, 0.1) is 0 Å². The van der Waals surface area contributed by atoms with Crippen molar-refractivity contribution in [3.8, 4) is 0 Å². The fourth-order valence-corrected chi connectivity index (χ4v) is 8.91. The maximum atomic E-state index is 12.9. The van der Waals surface area contributed by atoms with E-state index in [0.29, 0.717) is 19.3 Å². The molecule has 0 spiro atoms. The lowest BCUT2D eigenvalue weighted by Gasteiger charge is -2.18. The van der Waals surface area contributed by atoms with Crippen LogP contribution < -0.4 is 0 Å². The minimum absolute atomic E-state index is 0.105. The highest BCUT2D eigenvalue weighted by molar-refractivity contribution is 5.71. The van der Waals surface area contributed by atoms with Gasteiger partial charge < -0.3 is 14.2 Å². The van der Waals surface area contributed by atoms with Crippen LogP contribution >= 0.6 is 0 Å². The van der Waals surface area contributed by atoms with Gasteiger partial charge in [-0.2, -0.15) is 0 Å². The van der Waals surface area contributed by atoms with E-state index < -0.39 is 6.10 Å². The van der Waals surface area contributed by atoms with Gasteiger partial charge in [-0.3, -0.25) is 14.4 Å². The van der Waals surface area contributed by atoms with Crippen LogP contribution in [0.25, 0.3) is 0 Å². The fraction of sp³-hybridized carbons (Fsp3) is 0.704. The summed E-state index contributed by atoms with van der Waals surface area (Å²) < 4.78 is 16.8. The summed E-state index contributed by atoms with van der Waals surface area (Å²) in [5.41, 5.74) is 0. The van der Waals surface area contributed by atoms with Crippen molar-refractivity contribution in [2.24, 2.45) is 0 Å². The van der Waals surface area contributed by atoms with Crippen molar-refractivity contribution in [3.05, 3.63) is 109 Å². The molecule has 0 bridgehead atoms. The van der Waals surface area contributed by atoms with Gasteiger partial charge in [-0.15, -0.1) is 0 Å². The number of allylic oxidation sites excluding steroid dienone is 18. The van der Waals surface area contributed by atoms with Crippen LogP contribution in [0.15, 0.2) is 109 Å². The molecular weight excluding hydrogens is 949 g/mol. The van der Waals surface area contributed by atoms with E-state index in [4.69, 9.17) is 14.2 Å². The topological polar surface area (TPSA) is 78.9 Å². The molecule has 0 N–H and O–H groups in total. The van der Waals surface area contributed by atoms with Crippen molar-refractivity contribution in [2.45, 2.75) is 309 Å². The first kappa shape index (κ1) is 73.1. The van der Waals surface area contributed by atoms with Crippen LogP contribution in [0.2, 0.25) is 0 Å². The number of carbonyl (C=O) groups is 3. The SMILES string of the molecule is CC/C=C\C/C=C\C/C=C\C/C=C\CCC(=O)OCC(COC(=O)CCCCCCCCCCCCCCCCCC/C=C\C/C=C\C/C=C\CCCCCCC)OC(=O)CCCCCCC/C=C\C/C=C\CCCCC. The molecule has 1 atom stereocenters. The Morgan fingerprint density at radius 3 is 0.896 bits per heavy atom. The average Bonchev–Trinajstić information content (AvgIpc) is 3.43. The van der Waals surface area contributed by atoms with Crippen LogP contribution in [0.4, 0.5) is 0 Å². The summed E-state index contributed by atoms with van der Waals surface area (Å²) in [5, 5.41) is 0. The van der Waals surface area contributed by atoms with Crippen LogP contribution in [0.3, 0.4) is 0 Å². The number of carbonyl (C=O) groups excluding carboxylic acids is 3. The van der Waals surface area contributed by atoms with E-state index in [0.717, 1.165) is 103 Å². The standard InChI is InChI=1S/C71H120O6/c1-4-7-10-13-16-19-22-25-27-28-29-30-31-32-33-34-35-36-37-38-39-40-41-42-44-46-49-52-55-58-61-64-70(73)76-67-68(66-75-69(72)63-60-57-54-51-48-45-24-21-18-15-12-9-6-3)77-71(74)65-62-59-56-53-50-47-43-26-23-20-17-14-11-8-5-2/h9,12,17-18,20-22,25-26,28-29,31-32,43,45,48,54,57,68H,4-8,10-11,13-16,19,23-24,27,30,33-42,44,46-47,49-53,55-56,58-67H2,1-3H3/b12-9-,20-17-,21-18-,25-22-,29-28-,32-31-,43-26-,48-45-,57-54-. The number of hydrogen-bond donors (Lipinski definition) is 0. The highest BCUT2D eigenvalue weighted by Crippen LogP contribution is 2.16. The van der Waals surface area contributed by atoms with Gasteiger partial charge in [0.1, 0.15) is 13.2 Å². The molecule has 0 aromatic rings. The van der Waals surface area contributed by atoms with Crippen molar-refractivity contribution >= 4 is 17.9 Å². The predicted molar refractivity (Wildman–Crippen MR) is 334 cm³/mol. The first-order valence-corrected chi connectivity index (χ1v) is 32.4. The minimum Gasteiger partial charge on any atom is -0.462 e. The molecule has 0 heterocycles. The van der Waals surface area contributed by atoms with Gasteiger partial charge in [0.15, 0.2) is 6.10 Å². The molecule has 0 radical (unpaired) electrons. The van der Waals surface area contributed by atoms with Gasteiger partial charge in [-0.25, -0.2) is 0 Å². The summed E-state index contributed by atoms with van der Waals surface area (Å²) in [4.78, 5) is 38.2. The lowest BCUT2D eigenvalue weighted by atomic mass is 10.0. The molecule has 0 aliphatic heterocycles. The molecule has 77 heavy (non-hydrogen) atoms. The summed E-state index contributed by atoms with van der Waals surface area (Å²) in [5.74, 6) is -1.000. The number of hydrogen-bond acceptors (Lipinski definition) is 6. The first-order chi connectivity index (χ1) is 38.0. The smallest absolute Gasteiger partial charge is 0.306 e. The third-order valence-corrected chi connectivity index (χ3v) is 13.7. The Balaban J connectivity index is 4.24. The van der Waals surface area contributed by atoms with Gasteiger partial charge in [-0.05, 0) is 116 Å². The summed E-state index contributed by atoms with van der Waals surface area (Å²) in [6, 6.07) is 0. The van der Waals surface area contributed by atoms with Gasteiger partial charge in [0.25, 0.3) is 0 Å². The molecular formula is C71H120O6. The molecule has 1 unspecified atom stereocenters. The Bertz CT molecular complexity index is 1560. The van der Waals surface area contributed by atoms with Crippen molar-refractivity contribution in [1.82, 2.24) is 0 Å². The monoisotopic (exact) mass is 1070 g/mol. The molecule has 6 heteroatoms. The molecule has 0 aromatic carbocycles. The average molecular weight is 1070 g/mol. The van der Waals surface area contributed by atoms with E-state index in [-0.39, 0.29) is 37.5 Å². The van der Waals surface area contributed by atoms with Crippen LogP contribution in [0, 0.1) is 0 Å². The second kappa shape index (κ2) is 64.6. The van der Waals surface area contributed by atoms with Crippen molar-refractivity contribution < 1.29 is 28.6 Å². The van der Waals surface area contributed by atoms with E-state index in [1.54, 1.807) is 0 Å². The highest BCUT2D eigenvalue weighted by atomic mass is 16.6. The van der Waals surface area contributed by atoms with Gasteiger partial charge in [-0.1, -0.05) is 278 Å². The quantitative estimate of drug-likeness (QED) is 0.0261. The summed E-state index contributed by atoms with van der Waals surface area (Å²) in [7, 11) is 0. The Kier molecular flexibility index (Phi) is 61.3. The second-order valence-electron chi connectivity index (χ2n) is 21.3. The Morgan fingerprint density at radius 2 is 0.532 bits per heavy atom. The largest absolute Gasteiger partial charge is 0.462 e. The molecule has 0 rings (SSSR count). The zero-order valence-electron chi connectivity index (χ0n) is 50.4. The first-order valence-electron chi connectivity index (χ1n) is 32.4. The molecule has 0 amide bonds. The second-order valence-corrected chi connectivity index (χ2v) is 21.3.